The van der Waals surface area contributed by atoms with Crippen LogP contribution in [0.3, 0.4) is 0 Å². The number of fused-ring (bicyclic) bond motifs is 1. The van der Waals surface area contributed by atoms with E-state index >= 15 is 0 Å². The van der Waals surface area contributed by atoms with Crippen LogP contribution in [0.4, 0.5) is 10.5 Å². The number of aliphatic imine (C=N–C) groups is 1. The lowest BCUT2D eigenvalue weighted by atomic mass is 10.1. The standard InChI is InChI=1S/C18H24N2O2/c1-18(2,3)22-17(21)20-11-5-8-16(20)19-15-10-9-13-6-4-7-14(13)12-15/h9-10,12H,4-8,11H2,1-3H3/b19-16+. The fourth-order valence-electron chi connectivity index (χ4n) is 3.07. The van der Waals surface area contributed by atoms with E-state index in [1.165, 1.54) is 24.0 Å². The maximum absolute atomic E-state index is 12.3. The summed E-state index contributed by atoms with van der Waals surface area (Å²) >= 11 is 0. The monoisotopic (exact) mass is 300 g/mol. The molecule has 0 N–H and O–H groups in total. The highest BCUT2D eigenvalue weighted by Gasteiger charge is 2.29. The van der Waals surface area contributed by atoms with Gasteiger partial charge in [0.15, 0.2) is 0 Å². The molecule has 4 heteroatoms. The first-order chi connectivity index (χ1) is 10.4. The van der Waals surface area contributed by atoms with Crippen LogP contribution in [0.25, 0.3) is 0 Å². The molecule has 1 fully saturated rings. The van der Waals surface area contributed by atoms with Crippen molar-refractivity contribution >= 4 is 17.6 Å². The Hall–Kier alpha value is -1.84. The molecule has 1 aliphatic heterocycles. The van der Waals surface area contributed by atoms with Crippen LogP contribution in [0.15, 0.2) is 23.2 Å². The summed E-state index contributed by atoms with van der Waals surface area (Å²) < 4.78 is 5.47. The average molecular weight is 300 g/mol. The van der Waals surface area contributed by atoms with Crippen molar-refractivity contribution in [3.8, 4) is 0 Å². The fourth-order valence-corrected chi connectivity index (χ4v) is 3.07. The summed E-state index contributed by atoms with van der Waals surface area (Å²) in [5, 5.41) is 0. The van der Waals surface area contributed by atoms with Crippen LogP contribution in [0.1, 0.15) is 51.2 Å². The predicted octanol–water partition coefficient (Wildman–Crippen LogP) is 4.24. The molecule has 22 heavy (non-hydrogen) atoms. The van der Waals surface area contributed by atoms with Gasteiger partial charge >= 0.3 is 6.09 Å². The highest BCUT2D eigenvalue weighted by atomic mass is 16.6. The Labute approximate surface area is 132 Å². The lowest BCUT2D eigenvalue weighted by Crippen LogP contribution is -2.37. The maximum atomic E-state index is 12.3. The normalized spacial score (nSPS) is 19.6. The molecular formula is C18H24N2O2. The lowest BCUT2D eigenvalue weighted by Gasteiger charge is -2.24. The third kappa shape index (κ3) is 3.32. The van der Waals surface area contributed by atoms with E-state index in [1.807, 2.05) is 20.8 Å². The third-order valence-corrected chi connectivity index (χ3v) is 4.05. The van der Waals surface area contributed by atoms with Gasteiger partial charge in [-0.1, -0.05) is 6.07 Å². The molecule has 1 aromatic rings. The first-order valence-electron chi connectivity index (χ1n) is 8.12. The van der Waals surface area contributed by atoms with Crippen molar-refractivity contribution in [1.29, 1.82) is 0 Å². The largest absolute Gasteiger partial charge is 0.443 e. The SMILES string of the molecule is CC(C)(C)OC(=O)N1CCC/C1=N\c1ccc2c(c1)CCC2. The van der Waals surface area contributed by atoms with Gasteiger partial charge in [0.2, 0.25) is 0 Å². The second-order valence-corrected chi connectivity index (χ2v) is 7.07. The van der Waals surface area contributed by atoms with E-state index in [-0.39, 0.29) is 6.09 Å². The van der Waals surface area contributed by atoms with Gasteiger partial charge in [-0.3, -0.25) is 4.90 Å². The van der Waals surface area contributed by atoms with E-state index in [4.69, 9.17) is 9.73 Å². The minimum atomic E-state index is -0.474. The first-order valence-corrected chi connectivity index (χ1v) is 8.12. The van der Waals surface area contributed by atoms with Gasteiger partial charge < -0.3 is 4.74 Å². The van der Waals surface area contributed by atoms with Crippen molar-refractivity contribution < 1.29 is 9.53 Å². The van der Waals surface area contributed by atoms with E-state index in [1.54, 1.807) is 4.90 Å². The number of amides is 1. The molecule has 1 amide bonds. The van der Waals surface area contributed by atoms with Crippen LogP contribution in [-0.4, -0.2) is 29.0 Å². The molecule has 0 aromatic heterocycles. The van der Waals surface area contributed by atoms with E-state index < -0.39 is 5.60 Å². The van der Waals surface area contributed by atoms with Crippen LogP contribution in [0.5, 0.6) is 0 Å². The number of hydrogen-bond donors (Lipinski definition) is 0. The predicted molar refractivity (Wildman–Crippen MR) is 87.7 cm³/mol. The Balaban J connectivity index is 1.79. The van der Waals surface area contributed by atoms with Gasteiger partial charge in [0.25, 0.3) is 0 Å². The molecule has 0 radical (unpaired) electrons. The number of aryl methyl sites for hydroxylation is 2. The summed E-state index contributed by atoms with van der Waals surface area (Å²) in [6.07, 6.45) is 5.04. The molecule has 0 spiro atoms. The number of amidine groups is 1. The molecule has 118 valence electrons. The van der Waals surface area contributed by atoms with Crippen LogP contribution < -0.4 is 0 Å². The van der Waals surface area contributed by atoms with Crippen molar-refractivity contribution in [3.63, 3.8) is 0 Å². The number of carbonyl (C=O) groups is 1. The number of rotatable bonds is 1. The van der Waals surface area contributed by atoms with Gasteiger partial charge in [0.05, 0.1) is 5.69 Å². The minimum absolute atomic E-state index is 0.287. The van der Waals surface area contributed by atoms with E-state index in [0.29, 0.717) is 6.54 Å². The second-order valence-electron chi connectivity index (χ2n) is 7.07. The number of nitrogens with zero attached hydrogens (tertiary/aromatic N) is 2. The van der Waals surface area contributed by atoms with Gasteiger partial charge in [-0.2, -0.15) is 0 Å². The van der Waals surface area contributed by atoms with Gasteiger partial charge in [0.1, 0.15) is 11.4 Å². The summed E-state index contributed by atoms with van der Waals surface area (Å²) in [4.78, 5) is 18.7. The fraction of sp³-hybridized carbons (Fsp3) is 0.556. The van der Waals surface area contributed by atoms with Crippen molar-refractivity contribution in [2.45, 2.75) is 58.5 Å². The minimum Gasteiger partial charge on any atom is -0.443 e. The number of benzene rings is 1. The molecule has 0 saturated carbocycles. The Bertz CT molecular complexity index is 614. The zero-order valence-electron chi connectivity index (χ0n) is 13.7. The first kappa shape index (κ1) is 15.1. The Morgan fingerprint density at radius 2 is 1.91 bits per heavy atom. The van der Waals surface area contributed by atoms with Crippen molar-refractivity contribution in [2.75, 3.05) is 6.54 Å². The van der Waals surface area contributed by atoms with Crippen LogP contribution in [0.2, 0.25) is 0 Å². The lowest BCUT2D eigenvalue weighted by molar-refractivity contribution is 0.0383. The zero-order valence-corrected chi connectivity index (χ0v) is 13.7. The molecule has 4 nitrogen and oxygen atoms in total. The van der Waals surface area contributed by atoms with E-state index in [0.717, 1.165) is 30.8 Å². The Kier molecular flexibility index (Phi) is 3.94. The molecule has 0 atom stereocenters. The quantitative estimate of drug-likeness (QED) is 0.778. The number of ether oxygens (including phenoxy) is 1. The van der Waals surface area contributed by atoms with Crippen molar-refractivity contribution in [1.82, 2.24) is 4.90 Å². The summed E-state index contributed by atoms with van der Waals surface area (Å²) in [5.74, 6) is 0.826. The summed E-state index contributed by atoms with van der Waals surface area (Å²) in [7, 11) is 0. The maximum Gasteiger partial charge on any atom is 0.415 e. The van der Waals surface area contributed by atoms with Crippen LogP contribution >= 0.6 is 0 Å². The number of likely N-dealkylation sites (tertiary alicyclic amines) is 1. The molecule has 0 unspecified atom stereocenters. The Morgan fingerprint density at radius 3 is 2.68 bits per heavy atom. The Morgan fingerprint density at radius 1 is 1.14 bits per heavy atom. The summed E-state index contributed by atoms with van der Waals surface area (Å²) in [6.45, 7) is 6.35. The second kappa shape index (κ2) is 5.75. The summed E-state index contributed by atoms with van der Waals surface area (Å²) in [6, 6.07) is 6.40. The zero-order chi connectivity index (χ0) is 15.7. The molecule has 1 saturated heterocycles. The van der Waals surface area contributed by atoms with Crippen molar-refractivity contribution in [2.24, 2.45) is 4.99 Å². The number of carbonyl (C=O) groups excluding carboxylic acids is 1. The molecule has 1 aliphatic carbocycles. The van der Waals surface area contributed by atoms with Gasteiger partial charge in [-0.25, -0.2) is 9.79 Å². The molecular weight excluding hydrogens is 276 g/mol. The molecule has 2 aliphatic rings. The third-order valence-electron chi connectivity index (χ3n) is 4.05. The highest BCUT2D eigenvalue weighted by molar-refractivity contribution is 5.98. The molecule has 0 bridgehead atoms. The molecule has 3 rings (SSSR count). The van der Waals surface area contributed by atoms with Crippen LogP contribution in [-0.2, 0) is 17.6 Å². The topological polar surface area (TPSA) is 41.9 Å². The van der Waals surface area contributed by atoms with Gasteiger partial charge in [0, 0.05) is 13.0 Å². The van der Waals surface area contributed by atoms with Crippen molar-refractivity contribution in [3.05, 3.63) is 29.3 Å². The molecule has 1 heterocycles. The smallest absolute Gasteiger partial charge is 0.415 e. The number of hydrogen-bond acceptors (Lipinski definition) is 3. The molecule has 1 aromatic carbocycles. The highest BCUT2D eigenvalue weighted by Crippen LogP contribution is 2.27. The van der Waals surface area contributed by atoms with E-state index in [2.05, 4.69) is 18.2 Å². The van der Waals surface area contributed by atoms with Gasteiger partial charge in [-0.15, -0.1) is 0 Å². The van der Waals surface area contributed by atoms with Crippen LogP contribution in [0, 0.1) is 0 Å². The van der Waals surface area contributed by atoms with E-state index in [9.17, 15) is 4.79 Å². The average Bonchev–Trinajstić information content (AvgIpc) is 3.04. The van der Waals surface area contributed by atoms with Gasteiger partial charge in [-0.05, 0) is 69.7 Å². The summed E-state index contributed by atoms with van der Waals surface area (Å²) in [5.41, 5.74) is 3.33.